The van der Waals surface area contributed by atoms with Crippen LogP contribution in [-0.4, -0.2) is 52.9 Å². The Morgan fingerprint density at radius 1 is 1.50 bits per heavy atom. The van der Waals surface area contributed by atoms with Crippen molar-refractivity contribution in [1.29, 1.82) is 0 Å². The highest BCUT2D eigenvalue weighted by molar-refractivity contribution is 5.80. The van der Waals surface area contributed by atoms with Crippen molar-refractivity contribution in [3.05, 3.63) is 29.6 Å². The molecule has 1 aliphatic heterocycles. The predicted octanol–water partition coefficient (Wildman–Crippen LogP) is 2.35. The highest BCUT2D eigenvalue weighted by Gasteiger charge is 2.27. The van der Waals surface area contributed by atoms with Gasteiger partial charge in [-0.15, -0.1) is 0 Å². The maximum atomic E-state index is 11.7. The van der Waals surface area contributed by atoms with Gasteiger partial charge >= 0.3 is 0 Å². The second kappa shape index (κ2) is 6.08. The lowest BCUT2D eigenvalue weighted by atomic mass is 9.92. The lowest BCUT2D eigenvalue weighted by molar-refractivity contribution is -0.130. The van der Waals surface area contributed by atoms with Crippen molar-refractivity contribution >= 4 is 16.9 Å². The molecule has 0 aliphatic carbocycles. The molecule has 1 atom stereocenters. The van der Waals surface area contributed by atoms with Crippen molar-refractivity contribution < 1.29 is 4.79 Å². The van der Waals surface area contributed by atoms with E-state index in [1.807, 2.05) is 17.2 Å². The van der Waals surface area contributed by atoms with Gasteiger partial charge in [-0.05, 0) is 39.1 Å². The standard InChI is InChI=1S/C17H24N4O/c1-12(22)21-9-5-6-13(10-21)16-14(11-20(2)3)17-15(19-16)7-4-8-18-17/h4,7-8,13,19H,5-6,9-11H2,1-3H3. The van der Waals surface area contributed by atoms with E-state index >= 15 is 0 Å². The topological polar surface area (TPSA) is 52.2 Å². The number of hydrogen-bond acceptors (Lipinski definition) is 3. The minimum Gasteiger partial charge on any atom is -0.357 e. The van der Waals surface area contributed by atoms with Crippen LogP contribution in [0.5, 0.6) is 0 Å². The SMILES string of the molecule is CC(=O)N1CCCC(c2[nH]c3cccnc3c2CN(C)C)C1. The molecule has 1 fully saturated rings. The van der Waals surface area contributed by atoms with Gasteiger partial charge in [0.15, 0.2) is 0 Å². The molecule has 0 bridgehead atoms. The van der Waals surface area contributed by atoms with E-state index in [1.165, 1.54) is 11.3 Å². The fraction of sp³-hybridized carbons (Fsp3) is 0.529. The Morgan fingerprint density at radius 3 is 3.05 bits per heavy atom. The van der Waals surface area contributed by atoms with Crippen LogP contribution in [0.15, 0.2) is 18.3 Å². The second-order valence-corrected chi connectivity index (χ2v) is 6.46. The number of hydrogen-bond donors (Lipinski definition) is 1. The van der Waals surface area contributed by atoms with Crippen LogP contribution in [0.3, 0.4) is 0 Å². The van der Waals surface area contributed by atoms with Gasteiger partial charge in [0.2, 0.25) is 5.91 Å². The van der Waals surface area contributed by atoms with E-state index in [0.29, 0.717) is 5.92 Å². The van der Waals surface area contributed by atoms with Gasteiger partial charge in [0, 0.05) is 49.9 Å². The van der Waals surface area contributed by atoms with E-state index in [-0.39, 0.29) is 5.91 Å². The van der Waals surface area contributed by atoms with Crippen LogP contribution in [0.4, 0.5) is 0 Å². The van der Waals surface area contributed by atoms with Gasteiger partial charge in [-0.3, -0.25) is 9.78 Å². The first-order valence-electron chi connectivity index (χ1n) is 7.92. The van der Waals surface area contributed by atoms with Crippen molar-refractivity contribution in [2.75, 3.05) is 27.2 Å². The Kier molecular flexibility index (Phi) is 4.16. The summed E-state index contributed by atoms with van der Waals surface area (Å²) in [6, 6.07) is 4.04. The summed E-state index contributed by atoms with van der Waals surface area (Å²) < 4.78 is 0. The zero-order chi connectivity index (χ0) is 15.7. The van der Waals surface area contributed by atoms with E-state index in [2.05, 4.69) is 35.0 Å². The number of nitrogens with zero attached hydrogens (tertiary/aromatic N) is 3. The van der Waals surface area contributed by atoms with Crippen molar-refractivity contribution in [2.24, 2.45) is 0 Å². The molecule has 0 radical (unpaired) electrons. The molecule has 1 saturated heterocycles. The molecule has 3 rings (SSSR count). The van der Waals surface area contributed by atoms with Crippen molar-refractivity contribution in [3.8, 4) is 0 Å². The van der Waals surface area contributed by atoms with Gasteiger partial charge < -0.3 is 14.8 Å². The molecule has 1 amide bonds. The van der Waals surface area contributed by atoms with E-state index in [0.717, 1.165) is 43.5 Å². The Balaban J connectivity index is 2.00. The number of fused-ring (bicyclic) bond motifs is 1. The number of likely N-dealkylation sites (tertiary alicyclic amines) is 1. The maximum Gasteiger partial charge on any atom is 0.219 e. The van der Waals surface area contributed by atoms with Crippen LogP contribution < -0.4 is 0 Å². The van der Waals surface area contributed by atoms with E-state index < -0.39 is 0 Å². The second-order valence-electron chi connectivity index (χ2n) is 6.46. The molecular formula is C17H24N4O. The number of pyridine rings is 1. The average molecular weight is 300 g/mol. The van der Waals surface area contributed by atoms with Crippen molar-refractivity contribution in [3.63, 3.8) is 0 Å². The molecular weight excluding hydrogens is 276 g/mol. The zero-order valence-corrected chi connectivity index (χ0v) is 13.6. The molecule has 22 heavy (non-hydrogen) atoms. The molecule has 5 heteroatoms. The summed E-state index contributed by atoms with van der Waals surface area (Å²) in [4.78, 5) is 24.0. The van der Waals surface area contributed by atoms with E-state index in [4.69, 9.17) is 0 Å². The molecule has 118 valence electrons. The monoisotopic (exact) mass is 300 g/mol. The highest BCUT2D eigenvalue weighted by atomic mass is 16.2. The normalized spacial score (nSPS) is 19.1. The molecule has 0 saturated carbocycles. The summed E-state index contributed by atoms with van der Waals surface area (Å²) in [6.45, 7) is 4.22. The summed E-state index contributed by atoms with van der Waals surface area (Å²) in [5.74, 6) is 0.551. The fourth-order valence-corrected chi connectivity index (χ4v) is 3.42. The summed E-state index contributed by atoms with van der Waals surface area (Å²) in [7, 11) is 4.16. The molecule has 1 unspecified atom stereocenters. The minimum absolute atomic E-state index is 0.174. The summed E-state index contributed by atoms with van der Waals surface area (Å²) >= 11 is 0. The average Bonchev–Trinajstić information content (AvgIpc) is 2.86. The molecule has 1 N–H and O–H groups in total. The van der Waals surface area contributed by atoms with Crippen LogP contribution in [0, 0.1) is 0 Å². The third-order valence-corrected chi connectivity index (χ3v) is 4.44. The van der Waals surface area contributed by atoms with Gasteiger partial charge in [-0.25, -0.2) is 0 Å². The first-order chi connectivity index (χ1) is 10.6. The Labute approximate surface area is 131 Å². The van der Waals surface area contributed by atoms with Crippen LogP contribution in [0.25, 0.3) is 11.0 Å². The third-order valence-electron chi connectivity index (χ3n) is 4.44. The number of nitrogens with one attached hydrogen (secondary N) is 1. The smallest absolute Gasteiger partial charge is 0.219 e. The van der Waals surface area contributed by atoms with E-state index in [9.17, 15) is 4.79 Å². The highest BCUT2D eigenvalue weighted by Crippen LogP contribution is 2.32. The number of carbonyl (C=O) groups is 1. The Bertz CT molecular complexity index is 676. The summed E-state index contributed by atoms with van der Waals surface area (Å²) in [6.07, 6.45) is 4.04. The van der Waals surface area contributed by atoms with Crippen LogP contribution in [-0.2, 0) is 11.3 Å². The van der Waals surface area contributed by atoms with Crippen molar-refractivity contribution in [2.45, 2.75) is 32.2 Å². The Morgan fingerprint density at radius 2 is 2.32 bits per heavy atom. The van der Waals surface area contributed by atoms with Crippen LogP contribution in [0.1, 0.15) is 36.9 Å². The van der Waals surface area contributed by atoms with Gasteiger partial charge in [-0.1, -0.05) is 0 Å². The first-order valence-corrected chi connectivity index (χ1v) is 7.92. The van der Waals surface area contributed by atoms with Gasteiger partial charge in [0.1, 0.15) is 0 Å². The molecule has 5 nitrogen and oxygen atoms in total. The quantitative estimate of drug-likeness (QED) is 0.946. The molecule has 0 aromatic carbocycles. The summed E-state index contributed by atoms with van der Waals surface area (Å²) in [5, 5.41) is 0. The number of amides is 1. The third kappa shape index (κ3) is 2.86. The minimum atomic E-state index is 0.174. The van der Waals surface area contributed by atoms with Gasteiger partial charge in [-0.2, -0.15) is 0 Å². The lowest BCUT2D eigenvalue weighted by Gasteiger charge is -2.32. The van der Waals surface area contributed by atoms with E-state index in [1.54, 1.807) is 6.92 Å². The molecule has 1 aliphatic rings. The first kappa shape index (κ1) is 15.0. The van der Waals surface area contributed by atoms with Gasteiger partial charge in [0.05, 0.1) is 11.0 Å². The number of rotatable bonds is 3. The number of aromatic amines is 1. The number of carbonyl (C=O) groups excluding carboxylic acids is 1. The molecule has 3 heterocycles. The predicted molar refractivity (Wildman–Crippen MR) is 87.7 cm³/mol. The summed E-state index contributed by atoms with van der Waals surface area (Å²) in [5.41, 5.74) is 4.68. The lowest BCUT2D eigenvalue weighted by Crippen LogP contribution is -2.38. The van der Waals surface area contributed by atoms with Crippen LogP contribution >= 0.6 is 0 Å². The number of aromatic nitrogens is 2. The number of H-pyrrole nitrogens is 1. The molecule has 0 spiro atoms. The van der Waals surface area contributed by atoms with Gasteiger partial charge in [0.25, 0.3) is 0 Å². The Hall–Kier alpha value is -1.88. The fourth-order valence-electron chi connectivity index (χ4n) is 3.42. The number of piperidine rings is 1. The molecule has 2 aromatic rings. The largest absolute Gasteiger partial charge is 0.357 e. The maximum absolute atomic E-state index is 11.7. The zero-order valence-electron chi connectivity index (χ0n) is 13.6. The molecule has 2 aromatic heterocycles. The van der Waals surface area contributed by atoms with Crippen molar-refractivity contribution in [1.82, 2.24) is 19.8 Å². The van der Waals surface area contributed by atoms with Crippen LogP contribution in [0.2, 0.25) is 0 Å².